The van der Waals surface area contributed by atoms with E-state index in [0.717, 1.165) is 32.5 Å². The Morgan fingerprint density at radius 3 is 2.56 bits per heavy atom. The third-order valence-electron chi connectivity index (χ3n) is 3.84. The van der Waals surface area contributed by atoms with Gasteiger partial charge in [0.25, 0.3) is 0 Å². The second-order valence-corrected chi connectivity index (χ2v) is 6.16. The maximum Gasteiger partial charge on any atom is 0.243 e. The number of nitrogens with one attached hydrogen (secondary N) is 2. The second kappa shape index (κ2) is 13.1. The van der Waals surface area contributed by atoms with Gasteiger partial charge < -0.3 is 15.5 Å². The molecule has 0 aliphatic heterocycles. The summed E-state index contributed by atoms with van der Waals surface area (Å²) >= 11 is 0. The standard InChI is InChI=1S/C19H28N6O.HI/c1-24(2)18(26)16-22-19(20-11-6-14-25-15-7-12-23-25)21-13-10-17-8-4-3-5-9-17;/h3-5,7-9,12,15H,6,10-11,13-14,16H2,1-2H3,(H2,20,21,22);1H. The quantitative estimate of drug-likeness (QED) is 0.246. The van der Waals surface area contributed by atoms with Crippen molar-refractivity contribution in [2.24, 2.45) is 4.99 Å². The van der Waals surface area contributed by atoms with Gasteiger partial charge in [-0.15, -0.1) is 24.0 Å². The number of amides is 1. The molecule has 0 atom stereocenters. The lowest BCUT2D eigenvalue weighted by Crippen LogP contribution is -2.40. The molecule has 8 heteroatoms. The second-order valence-electron chi connectivity index (χ2n) is 6.16. The lowest BCUT2D eigenvalue weighted by atomic mass is 10.1. The molecule has 0 fully saturated rings. The highest BCUT2D eigenvalue weighted by molar-refractivity contribution is 14.0. The highest BCUT2D eigenvalue weighted by Crippen LogP contribution is 1.98. The first-order valence-corrected chi connectivity index (χ1v) is 8.89. The number of carbonyl (C=O) groups excluding carboxylic acids is 1. The van der Waals surface area contributed by atoms with Gasteiger partial charge in [0.05, 0.1) is 0 Å². The van der Waals surface area contributed by atoms with Crippen molar-refractivity contribution < 1.29 is 4.79 Å². The van der Waals surface area contributed by atoms with E-state index < -0.39 is 0 Å². The molecule has 0 bridgehead atoms. The molecule has 148 valence electrons. The van der Waals surface area contributed by atoms with E-state index in [-0.39, 0.29) is 36.4 Å². The predicted octanol–water partition coefficient (Wildman–Crippen LogP) is 1.76. The number of halogens is 1. The van der Waals surface area contributed by atoms with Crippen LogP contribution in [0.1, 0.15) is 12.0 Å². The van der Waals surface area contributed by atoms with E-state index in [0.29, 0.717) is 5.96 Å². The number of likely N-dealkylation sites (N-methyl/N-ethyl adjacent to an activating group) is 1. The third-order valence-corrected chi connectivity index (χ3v) is 3.84. The van der Waals surface area contributed by atoms with E-state index in [1.807, 2.05) is 35.1 Å². The van der Waals surface area contributed by atoms with Gasteiger partial charge >= 0.3 is 0 Å². The molecule has 1 heterocycles. The minimum atomic E-state index is -0.0225. The van der Waals surface area contributed by atoms with E-state index in [1.54, 1.807) is 25.2 Å². The van der Waals surface area contributed by atoms with Crippen LogP contribution in [-0.4, -0.2) is 60.3 Å². The first-order chi connectivity index (χ1) is 12.6. The number of hydrogen-bond donors (Lipinski definition) is 2. The maximum absolute atomic E-state index is 11.8. The van der Waals surface area contributed by atoms with Crippen molar-refractivity contribution in [1.82, 2.24) is 25.3 Å². The molecule has 0 radical (unpaired) electrons. The molecule has 0 aliphatic carbocycles. The number of carbonyl (C=O) groups is 1. The lowest BCUT2D eigenvalue weighted by Gasteiger charge is -2.14. The van der Waals surface area contributed by atoms with Crippen LogP contribution in [0.15, 0.2) is 53.8 Å². The Balaban J connectivity index is 0.00000364. The highest BCUT2D eigenvalue weighted by atomic mass is 127. The SMILES string of the molecule is CN(C)C(=O)CN=C(NCCCn1cccn1)NCCc1ccccc1.I. The fourth-order valence-electron chi connectivity index (χ4n) is 2.31. The largest absolute Gasteiger partial charge is 0.356 e. The van der Waals surface area contributed by atoms with Gasteiger partial charge in [0.1, 0.15) is 6.54 Å². The summed E-state index contributed by atoms with van der Waals surface area (Å²) in [6.07, 6.45) is 5.54. The van der Waals surface area contributed by atoms with Crippen LogP contribution in [0, 0.1) is 0 Å². The molecule has 27 heavy (non-hydrogen) atoms. The Bertz CT molecular complexity index is 673. The summed E-state index contributed by atoms with van der Waals surface area (Å²) < 4.78 is 1.90. The van der Waals surface area contributed by atoms with E-state index in [2.05, 4.69) is 32.9 Å². The van der Waals surface area contributed by atoms with Crippen molar-refractivity contribution in [3.05, 3.63) is 54.4 Å². The summed E-state index contributed by atoms with van der Waals surface area (Å²) in [5.74, 6) is 0.641. The first kappa shape index (κ1) is 22.9. The fraction of sp³-hybridized carbons (Fsp3) is 0.421. The minimum absolute atomic E-state index is 0. The Morgan fingerprint density at radius 2 is 1.89 bits per heavy atom. The van der Waals surface area contributed by atoms with Gasteiger partial charge in [-0.3, -0.25) is 9.48 Å². The normalized spacial score (nSPS) is 10.8. The topological polar surface area (TPSA) is 74.5 Å². The Morgan fingerprint density at radius 1 is 1.15 bits per heavy atom. The van der Waals surface area contributed by atoms with Crippen LogP contribution in [0.5, 0.6) is 0 Å². The van der Waals surface area contributed by atoms with Gasteiger partial charge in [0.2, 0.25) is 5.91 Å². The number of aromatic nitrogens is 2. The summed E-state index contributed by atoms with van der Waals surface area (Å²) in [6.45, 7) is 2.49. The number of rotatable bonds is 9. The van der Waals surface area contributed by atoms with Gasteiger partial charge in [-0.2, -0.15) is 5.10 Å². The van der Waals surface area contributed by atoms with Gasteiger partial charge in [-0.25, -0.2) is 4.99 Å². The number of aliphatic imine (C=N–C) groups is 1. The number of guanidine groups is 1. The van der Waals surface area contributed by atoms with E-state index >= 15 is 0 Å². The zero-order chi connectivity index (χ0) is 18.6. The van der Waals surface area contributed by atoms with E-state index in [4.69, 9.17) is 0 Å². The van der Waals surface area contributed by atoms with Gasteiger partial charge in [-0.05, 0) is 24.5 Å². The van der Waals surface area contributed by atoms with Crippen molar-refractivity contribution >= 4 is 35.8 Å². The summed E-state index contributed by atoms with van der Waals surface area (Å²) in [6, 6.07) is 12.2. The number of benzene rings is 1. The predicted molar refractivity (Wildman–Crippen MR) is 119 cm³/mol. The first-order valence-electron chi connectivity index (χ1n) is 8.89. The molecular formula is C19H29IN6O. The molecule has 2 aromatic rings. The summed E-state index contributed by atoms with van der Waals surface area (Å²) in [5.41, 5.74) is 1.27. The molecule has 7 nitrogen and oxygen atoms in total. The molecule has 1 aromatic heterocycles. The monoisotopic (exact) mass is 484 g/mol. The Hall–Kier alpha value is -2.10. The molecule has 0 saturated carbocycles. The van der Waals surface area contributed by atoms with Crippen LogP contribution in [0.3, 0.4) is 0 Å². The van der Waals surface area contributed by atoms with Gasteiger partial charge in [0.15, 0.2) is 5.96 Å². The molecule has 0 spiro atoms. The third kappa shape index (κ3) is 9.41. The minimum Gasteiger partial charge on any atom is -0.356 e. The summed E-state index contributed by atoms with van der Waals surface area (Å²) in [5, 5.41) is 10.8. The van der Waals surface area contributed by atoms with Crippen LogP contribution >= 0.6 is 24.0 Å². The number of hydrogen-bond acceptors (Lipinski definition) is 3. The van der Waals surface area contributed by atoms with Crippen LogP contribution in [0.25, 0.3) is 0 Å². The summed E-state index contributed by atoms with van der Waals surface area (Å²) in [7, 11) is 3.47. The summed E-state index contributed by atoms with van der Waals surface area (Å²) in [4.78, 5) is 17.7. The van der Waals surface area contributed by atoms with Crippen LogP contribution in [0.4, 0.5) is 0 Å². The lowest BCUT2D eigenvalue weighted by molar-refractivity contribution is -0.127. The van der Waals surface area contributed by atoms with Gasteiger partial charge in [0, 0.05) is 46.1 Å². The van der Waals surface area contributed by atoms with Crippen molar-refractivity contribution in [2.75, 3.05) is 33.7 Å². The van der Waals surface area contributed by atoms with Crippen molar-refractivity contribution in [1.29, 1.82) is 0 Å². The average Bonchev–Trinajstić information content (AvgIpc) is 3.16. The van der Waals surface area contributed by atoms with Crippen molar-refractivity contribution in [3.8, 4) is 0 Å². The van der Waals surface area contributed by atoms with E-state index in [1.165, 1.54) is 5.56 Å². The molecule has 0 unspecified atom stereocenters. The number of nitrogens with zero attached hydrogens (tertiary/aromatic N) is 4. The Labute approximate surface area is 178 Å². The van der Waals surface area contributed by atoms with Crippen LogP contribution in [-0.2, 0) is 17.8 Å². The smallest absolute Gasteiger partial charge is 0.243 e. The van der Waals surface area contributed by atoms with Crippen molar-refractivity contribution in [3.63, 3.8) is 0 Å². The highest BCUT2D eigenvalue weighted by Gasteiger charge is 2.04. The van der Waals surface area contributed by atoms with Crippen LogP contribution < -0.4 is 10.6 Å². The number of aryl methyl sites for hydroxylation is 1. The average molecular weight is 484 g/mol. The maximum atomic E-state index is 11.8. The van der Waals surface area contributed by atoms with Crippen LogP contribution in [0.2, 0.25) is 0 Å². The molecule has 2 rings (SSSR count). The van der Waals surface area contributed by atoms with Crippen molar-refractivity contribution in [2.45, 2.75) is 19.4 Å². The fourth-order valence-corrected chi connectivity index (χ4v) is 2.31. The van der Waals surface area contributed by atoms with E-state index in [9.17, 15) is 4.79 Å². The van der Waals surface area contributed by atoms with Gasteiger partial charge in [-0.1, -0.05) is 30.3 Å². The molecule has 0 aliphatic rings. The molecular weight excluding hydrogens is 455 g/mol. The molecule has 0 saturated heterocycles. The molecule has 2 N–H and O–H groups in total. The Kier molecular flexibility index (Phi) is 11.2. The zero-order valence-electron chi connectivity index (χ0n) is 16.0. The zero-order valence-corrected chi connectivity index (χ0v) is 18.3. The molecule has 1 aromatic carbocycles. The molecule has 1 amide bonds.